The number of nitrogen functional groups attached to an aromatic ring is 1. The molecule has 1 aromatic rings. The first kappa shape index (κ1) is 14.5. The molecule has 7 heteroatoms. The minimum absolute atomic E-state index is 0.112. The second kappa shape index (κ2) is 5.64. The number of aliphatic hydroxyl groups excluding tert-OH is 1. The number of nitrogens with two attached hydrogens (primary N) is 1. The molecule has 0 radical (unpaired) electrons. The van der Waals surface area contributed by atoms with Gasteiger partial charge in [0.2, 0.25) is 0 Å². The number of carboxylic acid groups (broad SMARTS) is 1. The van der Waals surface area contributed by atoms with E-state index in [0.717, 1.165) is 6.07 Å². The first-order chi connectivity index (χ1) is 9.42. The summed E-state index contributed by atoms with van der Waals surface area (Å²) in [7, 11) is 0. The number of aromatic carboxylic acids is 1. The van der Waals surface area contributed by atoms with Gasteiger partial charge in [-0.3, -0.25) is 0 Å². The molecule has 1 aliphatic rings. The minimum Gasteiger partial charge on any atom is -0.478 e. The van der Waals surface area contributed by atoms with Crippen molar-refractivity contribution in [3.05, 3.63) is 23.5 Å². The lowest BCUT2D eigenvalue weighted by atomic mass is 10.1. The Hall–Kier alpha value is -1.86. The Bertz CT molecular complexity index is 523. The molecule has 2 unspecified atom stereocenters. The Morgan fingerprint density at radius 1 is 1.55 bits per heavy atom. The molecule has 1 fully saturated rings. The maximum atomic E-state index is 14.0. The maximum Gasteiger partial charge on any atom is 0.337 e. The molecule has 2 atom stereocenters. The van der Waals surface area contributed by atoms with Crippen LogP contribution in [0.15, 0.2) is 12.1 Å². The molecular weight excluding hydrogens is 267 g/mol. The fourth-order valence-electron chi connectivity index (χ4n) is 2.35. The Kier molecular flexibility index (Phi) is 4.10. The van der Waals surface area contributed by atoms with Gasteiger partial charge >= 0.3 is 5.97 Å². The summed E-state index contributed by atoms with van der Waals surface area (Å²) in [6.07, 6.45) is -0.616. The fourth-order valence-corrected chi connectivity index (χ4v) is 2.35. The molecule has 0 bridgehead atoms. The summed E-state index contributed by atoms with van der Waals surface area (Å²) in [5.74, 6) is -1.79. The van der Waals surface area contributed by atoms with Crippen molar-refractivity contribution in [3.63, 3.8) is 0 Å². The van der Waals surface area contributed by atoms with Crippen LogP contribution < -0.4 is 10.6 Å². The van der Waals surface area contributed by atoms with E-state index < -0.39 is 17.9 Å². The van der Waals surface area contributed by atoms with Gasteiger partial charge < -0.3 is 25.6 Å². The van der Waals surface area contributed by atoms with Crippen LogP contribution in [0.3, 0.4) is 0 Å². The number of carboxylic acids is 1. The molecule has 0 spiro atoms. The normalized spacial score (nSPS) is 22.9. The van der Waals surface area contributed by atoms with Crippen LogP contribution >= 0.6 is 0 Å². The monoisotopic (exact) mass is 284 g/mol. The minimum atomic E-state index is -1.20. The number of carbonyl (C=O) groups is 1. The fraction of sp³-hybridized carbons (Fsp3) is 0.462. The van der Waals surface area contributed by atoms with Crippen molar-refractivity contribution in [3.8, 4) is 0 Å². The molecule has 1 heterocycles. The average molecular weight is 284 g/mol. The number of benzene rings is 1. The summed E-state index contributed by atoms with van der Waals surface area (Å²) in [5.41, 5.74) is 5.40. The van der Waals surface area contributed by atoms with E-state index in [2.05, 4.69) is 0 Å². The van der Waals surface area contributed by atoms with Gasteiger partial charge in [-0.2, -0.15) is 0 Å². The quantitative estimate of drug-likeness (QED) is 0.707. The van der Waals surface area contributed by atoms with Crippen molar-refractivity contribution in [1.29, 1.82) is 0 Å². The van der Waals surface area contributed by atoms with E-state index in [1.54, 1.807) is 4.90 Å². The number of aliphatic hydroxyl groups is 1. The van der Waals surface area contributed by atoms with Crippen molar-refractivity contribution >= 4 is 17.3 Å². The Morgan fingerprint density at radius 3 is 2.85 bits per heavy atom. The molecule has 0 amide bonds. The van der Waals surface area contributed by atoms with Crippen molar-refractivity contribution in [2.24, 2.45) is 0 Å². The molecule has 110 valence electrons. The lowest BCUT2D eigenvalue weighted by Gasteiger charge is -2.37. The number of hydrogen-bond donors (Lipinski definition) is 3. The molecule has 1 saturated heterocycles. The number of halogens is 1. The summed E-state index contributed by atoms with van der Waals surface area (Å²) in [6, 6.07) is 2.23. The van der Waals surface area contributed by atoms with Crippen LogP contribution in [0, 0.1) is 5.82 Å². The molecule has 0 aromatic heterocycles. The standard InChI is InChI=1S/C13H17FN2O4/c1-7-4-16(5-8(6-17)20-7)12-2-9(13(18)19)11(15)3-10(12)14/h2-3,7-8,17H,4-6,15H2,1H3,(H,18,19). The second-order valence-electron chi connectivity index (χ2n) is 4.85. The van der Waals surface area contributed by atoms with Gasteiger partial charge in [0.05, 0.1) is 30.1 Å². The Balaban J connectivity index is 2.36. The Morgan fingerprint density at radius 2 is 2.25 bits per heavy atom. The molecule has 2 rings (SSSR count). The molecule has 1 aromatic carbocycles. The van der Waals surface area contributed by atoms with Crippen LogP contribution in [0.1, 0.15) is 17.3 Å². The summed E-state index contributed by atoms with van der Waals surface area (Å²) in [6.45, 7) is 2.34. The largest absolute Gasteiger partial charge is 0.478 e. The van der Waals surface area contributed by atoms with Gasteiger partial charge in [0.1, 0.15) is 5.82 Å². The van der Waals surface area contributed by atoms with Crippen LogP contribution in [-0.4, -0.2) is 48.1 Å². The molecule has 4 N–H and O–H groups in total. The number of hydrogen-bond acceptors (Lipinski definition) is 5. The average Bonchev–Trinajstić information content (AvgIpc) is 2.37. The predicted molar refractivity (Wildman–Crippen MR) is 71.4 cm³/mol. The first-order valence-corrected chi connectivity index (χ1v) is 6.26. The lowest BCUT2D eigenvalue weighted by Crippen LogP contribution is -2.48. The van der Waals surface area contributed by atoms with E-state index in [1.165, 1.54) is 6.07 Å². The van der Waals surface area contributed by atoms with Gasteiger partial charge in [-0.25, -0.2) is 9.18 Å². The van der Waals surface area contributed by atoms with Crippen LogP contribution in [0.5, 0.6) is 0 Å². The van der Waals surface area contributed by atoms with E-state index in [-0.39, 0.29) is 29.6 Å². The van der Waals surface area contributed by atoms with Gasteiger partial charge in [0.15, 0.2) is 0 Å². The summed E-state index contributed by atoms with van der Waals surface area (Å²) < 4.78 is 19.5. The zero-order valence-electron chi connectivity index (χ0n) is 11.0. The molecular formula is C13H17FN2O4. The van der Waals surface area contributed by atoms with Gasteiger partial charge in [0, 0.05) is 18.8 Å². The van der Waals surface area contributed by atoms with E-state index in [9.17, 15) is 14.3 Å². The van der Waals surface area contributed by atoms with E-state index in [1.807, 2.05) is 6.92 Å². The van der Waals surface area contributed by atoms with E-state index in [0.29, 0.717) is 13.1 Å². The number of nitrogens with zero attached hydrogens (tertiary/aromatic N) is 1. The highest BCUT2D eigenvalue weighted by molar-refractivity contribution is 5.95. The number of morpholine rings is 1. The van der Waals surface area contributed by atoms with E-state index in [4.69, 9.17) is 15.6 Å². The van der Waals surface area contributed by atoms with Crippen LogP contribution in [0.2, 0.25) is 0 Å². The third kappa shape index (κ3) is 2.83. The number of rotatable bonds is 3. The smallest absolute Gasteiger partial charge is 0.337 e. The summed E-state index contributed by atoms with van der Waals surface area (Å²) in [4.78, 5) is 12.7. The highest BCUT2D eigenvalue weighted by Crippen LogP contribution is 2.28. The molecule has 0 aliphatic carbocycles. The molecule has 20 heavy (non-hydrogen) atoms. The first-order valence-electron chi connectivity index (χ1n) is 6.26. The number of ether oxygens (including phenoxy) is 1. The highest BCUT2D eigenvalue weighted by atomic mass is 19.1. The SMILES string of the molecule is CC1CN(c2cc(C(=O)O)c(N)cc2F)CC(CO)O1. The summed E-state index contributed by atoms with van der Waals surface area (Å²) >= 11 is 0. The Labute approximate surface area is 115 Å². The summed E-state index contributed by atoms with van der Waals surface area (Å²) in [5, 5.41) is 18.2. The predicted octanol–water partition coefficient (Wildman–Crippen LogP) is 0.692. The molecule has 1 aliphatic heterocycles. The van der Waals surface area contributed by atoms with Crippen molar-refractivity contribution in [2.45, 2.75) is 19.1 Å². The van der Waals surface area contributed by atoms with Gasteiger partial charge in [0.25, 0.3) is 0 Å². The van der Waals surface area contributed by atoms with Crippen molar-refractivity contribution < 1.29 is 24.1 Å². The third-order valence-corrected chi connectivity index (χ3v) is 3.22. The maximum absolute atomic E-state index is 14.0. The van der Waals surface area contributed by atoms with Crippen LogP contribution in [0.4, 0.5) is 15.8 Å². The highest BCUT2D eigenvalue weighted by Gasteiger charge is 2.27. The van der Waals surface area contributed by atoms with E-state index >= 15 is 0 Å². The van der Waals surface area contributed by atoms with Crippen molar-refractivity contribution in [2.75, 3.05) is 30.3 Å². The van der Waals surface area contributed by atoms with Gasteiger partial charge in [-0.05, 0) is 19.1 Å². The third-order valence-electron chi connectivity index (χ3n) is 3.22. The zero-order chi connectivity index (χ0) is 14.9. The molecule has 0 saturated carbocycles. The molecule has 6 nitrogen and oxygen atoms in total. The van der Waals surface area contributed by atoms with Crippen LogP contribution in [0.25, 0.3) is 0 Å². The van der Waals surface area contributed by atoms with Crippen LogP contribution in [-0.2, 0) is 4.74 Å². The van der Waals surface area contributed by atoms with Crippen molar-refractivity contribution in [1.82, 2.24) is 0 Å². The number of anilines is 2. The lowest BCUT2D eigenvalue weighted by molar-refractivity contribution is -0.0422. The second-order valence-corrected chi connectivity index (χ2v) is 4.85. The topological polar surface area (TPSA) is 96.0 Å². The van der Waals surface area contributed by atoms with Gasteiger partial charge in [-0.15, -0.1) is 0 Å². The zero-order valence-corrected chi connectivity index (χ0v) is 11.0. The van der Waals surface area contributed by atoms with Gasteiger partial charge in [-0.1, -0.05) is 0 Å².